The van der Waals surface area contributed by atoms with Crippen molar-refractivity contribution in [2.75, 3.05) is 26.2 Å². The van der Waals surface area contributed by atoms with Crippen molar-refractivity contribution in [2.45, 2.75) is 6.54 Å². The molecule has 0 bridgehead atoms. The van der Waals surface area contributed by atoms with Crippen molar-refractivity contribution >= 4 is 17.5 Å². The highest BCUT2D eigenvalue weighted by molar-refractivity contribution is 6.30. The third-order valence-corrected chi connectivity index (χ3v) is 6.20. The summed E-state index contributed by atoms with van der Waals surface area (Å²) in [6.45, 7) is 3.86. The molecule has 0 N–H and O–H groups in total. The average Bonchev–Trinajstić information content (AvgIpc) is 3.31. The Labute approximate surface area is 198 Å². The van der Waals surface area contributed by atoms with Gasteiger partial charge in [0, 0.05) is 49.5 Å². The second-order valence-electron chi connectivity index (χ2n) is 8.24. The fraction of sp³-hybridized carbons (Fsp3) is 0.185. The first-order chi connectivity index (χ1) is 16.2. The summed E-state index contributed by atoms with van der Waals surface area (Å²) < 4.78 is 1.80. The predicted molar refractivity (Wildman–Crippen MR) is 132 cm³/mol. The van der Waals surface area contributed by atoms with Crippen molar-refractivity contribution < 1.29 is 4.79 Å². The highest BCUT2D eigenvalue weighted by Gasteiger charge is 2.26. The van der Waals surface area contributed by atoms with Gasteiger partial charge in [0.15, 0.2) is 0 Å². The van der Waals surface area contributed by atoms with E-state index in [1.807, 2.05) is 90.0 Å². The molecule has 0 aliphatic carbocycles. The van der Waals surface area contributed by atoms with Crippen LogP contribution in [0, 0.1) is 0 Å². The molecule has 33 heavy (non-hydrogen) atoms. The van der Waals surface area contributed by atoms with Gasteiger partial charge in [0.1, 0.15) is 5.69 Å². The average molecular weight is 457 g/mol. The normalized spacial score (nSPS) is 14.4. The van der Waals surface area contributed by atoms with Crippen LogP contribution in [0.25, 0.3) is 16.9 Å². The molecule has 0 unspecified atom stereocenters. The molecule has 5 nitrogen and oxygen atoms in total. The lowest BCUT2D eigenvalue weighted by Gasteiger charge is -2.34. The summed E-state index contributed by atoms with van der Waals surface area (Å²) in [5.41, 5.74) is 4.41. The number of hydrogen-bond acceptors (Lipinski definition) is 3. The van der Waals surface area contributed by atoms with Crippen LogP contribution in [0.4, 0.5) is 0 Å². The van der Waals surface area contributed by atoms with Gasteiger partial charge in [-0.3, -0.25) is 9.69 Å². The van der Waals surface area contributed by atoms with E-state index < -0.39 is 0 Å². The lowest BCUT2D eigenvalue weighted by molar-refractivity contribution is 0.0629. The Balaban J connectivity index is 1.35. The van der Waals surface area contributed by atoms with Crippen molar-refractivity contribution in [3.63, 3.8) is 0 Å². The van der Waals surface area contributed by atoms with E-state index in [1.165, 1.54) is 5.56 Å². The van der Waals surface area contributed by atoms with Crippen LogP contribution in [-0.4, -0.2) is 51.7 Å². The van der Waals surface area contributed by atoms with Crippen molar-refractivity contribution in [2.24, 2.45) is 0 Å². The monoisotopic (exact) mass is 456 g/mol. The lowest BCUT2D eigenvalue weighted by Crippen LogP contribution is -2.48. The summed E-state index contributed by atoms with van der Waals surface area (Å²) in [7, 11) is 0. The number of hydrogen-bond donors (Lipinski definition) is 0. The van der Waals surface area contributed by atoms with Crippen LogP contribution in [-0.2, 0) is 6.54 Å². The topological polar surface area (TPSA) is 41.4 Å². The summed E-state index contributed by atoms with van der Waals surface area (Å²) >= 11 is 6.13. The molecule has 166 valence electrons. The molecule has 1 aliphatic rings. The Morgan fingerprint density at radius 3 is 2.24 bits per heavy atom. The highest BCUT2D eigenvalue weighted by atomic mass is 35.5. The van der Waals surface area contributed by atoms with Gasteiger partial charge in [-0.15, -0.1) is 0 Å². The molecule has 1 saturated heterocycles. The van der Waals surface area contributed by atoms with Gasteiger partial charge in [0.2, 0.25) is 0 Å². The maximum Gasteiger partial charge on any atom is 0.257 e. The SMILES string of the molecule is O=C(c1cn(-c2ccccc2)nc1-c1ccccc1)N1CCN(Cc2cccc(Cl)c2)CC1. The van der Waals surface area contributed by atoms with Crippen molar-refractivity contribution in [1.29, 1.82) is 0 Å². The fourth-order valence-corrected chi connectivity index (χ4v) is 4.44. The molecule has 0 saturated carbocycles. The number of para-hydroxylation sites is 1. The van der Waals surface area contributed by atoms with Crippen LogP contribution >= 0.6 is 11.6 Å². The number of nitrogens with zero attached hydrogens (tertiary/aromatic N) is 4. The van der Waals surface area contributed by atoms with E-state index in [0.717, 1.165) is 35.9 Å². The van der Waals surface area contributed by atoms with E-state index in [0.29, 0.717) is 24.3 Å². The third-order valence-electron chi connectivity index (χ3n) is 5.97. The first-order valence-electron chi connectivity index (χ1n) is 11.1. The standard InChI is InChI=1S/C27H25ClN4O/c28-23-11-7-8-21(18-23)19-30-14-16-31(17-15-30)27(33)25-20-32(24-12-5-2-6-13-24)29-26(25)22-9-3-1-4-10-22/h1-13,18,20H,14-17,19H2. The molecule has 0 atom stereocenters. The molecule has 1 aromatic heterocycles. The smallest absolute Gasteiger partial charge is 0.257 e. The zero-order valence-corrected chi connectivity index (χ0v) is 19.0. The fourth-order valence-electron chi connectivity index (χ4n) is 4.23. The Kier molecular flexibility index (Phi) is 6.24. The Bertz CT molecular complexity index is 1230. The Morgan fingerprint density at radius 1 is 0.848 bits per heavy atom. The zero-order chi connectivity index (χ0) is 22.6. The molecule has 0 spiro atoms. The number of rotatable bonds is 5. The minimum atomic E-state index is 0.0263. The Morgan fingerprint density at radius 2 is 1.55 bits per heavy atom. The van der Waals surface area contributed by atoms with Crippen LogP contribution in [0.15, 0.2) is 91.1 Å². The number of amides is 1. The minimum absolute atomic E-state index is 0.0263. The number of carbonyl (C=O) groups excluding carboxylic acids is 1. The number of carbonyl (C=O) groups is 1. The molecule has 1 amide bonds. The molecule has 5 rings (SSSR count). The molecule has 3 aromatic carbocycles. The molecule has 1 fully saturated rings. The van der Waals surface area contributed by atoms with Crippen molar-refractivity contribution in [3.8, 4) is 16.9 Å². The van der Waals surface area contributed by atoms with Gasteiger partial charge in [-0.25, -0.2) is 4.68 Å². The van der Waals surface area contributed by atoms with E-state index in [9.17, 15) is 4.79 Å². The summed E-state index contributed by atoms with van der Waals surface area (Å²) in [5, 5.41) is 5.55. The number of piperazine rings is 1. The predicted octanol–water partition coefficient (Wildman–Crippen LogP) is 5.15. The van der Waals surface area contributed by atoms with Gasteiger partial charge >= 0.3 is 0 Å². The van der Waals surface area contributed by atoms with Crippen molar-refractivity contribution in [1.82, 2.24) is 19.6 Å². The van der Waals surface area contributed by atoms with Crippen molar-refractivity contribution in [3.05, 3.63) is 107 Å². The summed E-state index contributed by atoms with van der Waals surface area (Å²) in [4.78, 5) is 17.9. The molecular formula is C27H25ClN4O. The zero-order valence-electron chi connectivity index (χ0n) is 18.3. The van der Waals surface area contributed by atoms with E-state index in [-0.39, 0.29) is 5.91 Å². The maximum absolute atomic E-state index is 13.6. The summed E-state index contributed by atoms with van der Waals surface area (Å²) in [5.74, 6) is 0.0263. The molecule has 0 radical (unpaired) electrons. The van der Waals surface area contributed by atoms with Gasteiger partial charge in [-0.1, -0.05) is 72.3 Å². The Hall–Kier alpha value is -3.41. The van der Waals surface area contributed by atoms with E-state index in [1.54, 1.807) is 4.68 Å². The molecule has 1 aliphatic heterocycles. The quantitative estimate of drug-likeness (QED) is 0.417. The number of halogens is 1. The maximum atomic E-state index is 13.6. The van der Waals surface area contributed by atoms with E-state index in [2.05, 4.69) is 11.0 Å². The van der Waals surface area contributed by atoms with Crippen LogP contribution in [0.1, 0.15) is 15.9 Å². The minimum Gasteiger partial charge on any atom is -0.336 e. The second kappa shape index (κ2) is 9.61. The van der Waals surface area contributed by atoms with E-state index in [4.69, 9.17) is 16.7 Å². The van der Waals surface area contributed by atoms with Gasteiger partial charge < -0.3 is 4.90 Å². The summed E-state index contributed by atoms with van der Waals surface area (Å²) in [6.07, 6.45) is 1.86. The van der Waals surface area contributed by atoms with Gasteiger partial charge in [-0.2, -0.15) is 5.10 Å². The van der Waals surface area contributed by atoms with E-state index >= 15 is 0 Å². The number of benzene rings is 3. The van der Waals surface area contributed by atoms with Gasteiger partial charge in [0.05, 0.1) is 11.3 Å². The summed E-state index contributed by atoms with van der Waals surface area (Å²) in [6, 6.07) is 27.8. The lowest BCUT2D eigenvalue weighted by atomic mass is 10.1. The van der Waals surface area contributed by atoms with Crippen LogP contribution in [0.5, 0.6) is 0 Å². The van der Waals surface area contributed by atoms with Gasteiger partial charge in [-0.05, 0) is 29.8 Å². The molecule has 2 heterocycles. The van der Waals surface area contributed by atoms with Crippen LogP contribution in [0.3, 0.4) is 0 Å². The first-order valence-corrected chi connectivity index (χ1v) is 11.5. The molecule has 6 heteroatoms. The van der Waals surface area contributed by atoms with Crippen LogP contribution in [0.2, 0.25) is 5.02 Å². The largest absolute Gasteiger partial charge is 0.336 e. The highest BCUT2D eigenvalue weighted by Crippen LogP contribution is 2.25. The van der Waals surface area contributed by atoms with Gasteiger partial charge in [0.25, 0.3) is 5.91 Å². The van der Waals surface area contributed by atoms with Crippen LogP contribution < -0.4 is 0 Å². The number of aromatic nitrogens is 2. The third kappa shape index (κ3) is 4.85. The molecule has 4 aromatic rings. The second-order valence-corrected chi connectivity index (χ2v) is 8.67. The molecular weight excluding hydrogens is 432 g/mol. The first kappa shape index (κ1) is 21.4.